The van der Waals surface area contributed by atoms with Crippen molar-refractivity contribution >= 4 is 5.78 Å². The van der Waals surface area contributed by atoms with Crippen LogP contribution in [0.2, 0.25) is 0 Å². The van der Waals surface area contributed by atoms with Crippen LogP contribution in [0, 0.1) is 5.92 Å². The Hall–Kier alpha value is -1.35. The first-order valence-electron chi connectivity index (χ1n) is 7.82. The lowest BCUT2D eigenvalue weighted by Gasteiger charge is -2.28. The van der Waals surface area contributed by atoms with Crippen LogP contribution in [0.3, 0.4) is 0 Å². The second kappa shape index (κ2) is 6.18. The van der Waals surface area contributed by atoms with Crippen molar-refractivity contribution in [1.82, 2.24) is 4.90 Å². The molecule has 1 saturated heterocycles. The van der Waals surface area contributed by atoms with Crippen LogP contribution < -0.4 is 0 Å². The second-order valence-corrected chi connectivity index (χ2v) is 7.36. The molecule has 0 spiro atoms. The van der Waals surface area contributed by atoms with Crippen molar-refractivity contribution in [3.63, 3.8) is 0 Å². The summed E-state index contributed by atoms with van der Waals surface area (Å²) in [5, 5.41) is 10.2. The van der Waals surface area contributed by atoms with Gasteiger partial charge in [-0.15, -0.1) is 0 Å². The lowest BCUT2D eigenvalue weighted by molar-refractivity contribution is 0.0935. The van der Waals surface area contributed by atoms with E-state index in [9.17, 15) is 9.90 Å². The van der Waals surface area contributed by atoms with E-state index in [1.165, 1.54) is 0 Å². The van der Waals surface area contributed by atoms with E-state index in [4.69, 9.17) is 0 Å². The number of carbonyl (C=O) groups is 1. The van der Waals surface area contributed by atoms with E-state index in [-0.39, 0.29) is 16.9 Å². The number of nitrogens with zero attached hydrogens (tertiary/aromatic N) is 1. The zero-order chi connectivity index (χ0) is 15.6. The van der Waals surface area contributed by atoms with Gasteiger partial charge in [0.25, 0.3) is 0 Å². The van der Waals surface area contributed by atoms with Crippen molar-refractivity contribution in [2.24, 2.45) is 5.92 Å². The third-order valence-corrected chi connectivity index (χ3v) is 4.44. The van der Waals surface area contributed by atoms with Gasteiger partial charge in [-0.2, -0.15) is 0 Å². The van der Waals surface area contributed by atoms with Gasteiger partial charge >= 0.3 is 0 Å². The molecule has 1 N–H and O–H groups in total. The van der Waals surface area contributed by atoms with Gasteiger partial charge in [-0.25, -0.2) is 0 Å². The summed E-state index contributed by atoms with van der Waals surface area (Å²) >= 11 is 0. The van der Waals surface area contributed by atoms with Crippen molar-refractivity contribution < 1.29 is 9.90 Å². The Bertz CT molecular complexity index is 508. The molecule has 0 bridgehead atoms. The van der Waals surface area contributed by atoms with Gasteiger partial charge in [-0.1, -0.05) is 32.9 Å². The molecule has 0 aliphatic carbocycles. The number of hydrogen-bond donors (Lipinski definition) is 1. The van der Waals surface area contributed by atoms with Crippen molar-refractivity contribution in [2.45, 2.75) is 45.4 Å². The summed E-state index contributed by atoms with van der Waals surface area (Å²) in [7, 11) is 2.13. The average Bonchev–Trinajstić information content (AvgIpc) is 2.39. The van der Waals surface area contributed by atoms with Crippen molar-refractivity contribution in [3.8, 4) is 5.75 Å². The Morgan fingerprint density at radius 1 is 1.29 bits per heavy atom. The summed E-state index contributed by atoms with van der Waals surface area (Å²) in [5.74, 6) is 0.871. The Kier molecular flexibility index (Phi) is 4.72. The zero-order valence-electron chi connectivity index (χ0n) is 13.6. The van der Waals surface area contributed by atoms with Gasteiger partial charge in [0.2, 0.25) is 0 Å². The quantitative estimate of drug-likeness (QED) is 0.864. The summed E-state index contributed by atoms with van der Waals surface area (Å²) in [6.07, 6.45) is 2.78. The Morgan fingerprint density at radius 2 is 1.90 bits per heavy atom. The Balaban J connectivity index is 2.05. The van der Waals surface area contributed by atoms with Crippen LogP contribution in [-0.4, -0.2) is 35.9 Å². The molecule has 0 atom stereocenters. The summed E-state index contributed by atoms with van der Waals surface area (Å²) < 4.78 is 0. The minimum atomic E-state index is -0.111. The molecule has 3 heteroatoms. The van der Waals surface area contributed by atoms with Gasteiger partial charge in [-0.3, -0.25) is 4.79 Å². The van der Waals surface area contributed by atoms with Crippen LogP contribution in [0.25, 0.3) is 0 Å². The fraction of sp³-hybridized carbons (Fsp3) is 0.611. The Labute approximate surface area is 128 Å². The van der Waals surface area contributed by atoms with Crippen molar-refractivity contribution in [2.75, 3.05) is 20.1 Å². The van der Waals surface area contributed by atoms with E-state index in [2.05, 4.69) is 32.7 Å². The highest BCUT2D eigenvalue weighted by atomic mass is 16.3. The fourth-order valence-corrected chi connectivity index (χ4v) is 2.99. The largest absolute Gasteiger partial charge is 0.508 e. The number of rotatable bonds is 3. The maximum atomic E-state index is 12.4. The number of Topliss-reactive ketones (excluding diaryl/α,β-unsaturated/α-hetero) is 1. The van der Waals surface area contributed by atoms with E-state index in [0.29, 0.717) is 17.9 Å². The van der Waals surface area contributed by atoms with Gasteiger partial charge in [0, 0.05) is 12.0 Å². The average molecular weight is 289 g/mol. The second-order valence-electron chi connectivity index (χ2n) is 7.36. The SMILES string of the molecule is CN1CCC(CC(=O)c2ccc(C(C)(C)C)c(O)c2)CC1. The van der Waals surface area contributed by atoms with E-state index >= 15 is 0 Å². The highest BCUT2D eigenvalue weighted by Gasteiger charge is 2.22. The van der Waals surface area contributed by atoms with Crippen LogP contribution in [0.1, 0.15) is 56.0 Å². The molecule has 0 amide bonds. The third-order valence-electron chi connectivity index (χ3n) is 4.44. The first kappa shape index (κ1) is 16.0. The van der Waals surface area contributed by atoms with Crippen LogP contribution in [0.5, 0.6) is 5.75 Å². The number of hydrogen-bond acceptors (Lipinski definition) is 3. The van der Waals surface area contributed by atoms with Crippen LogP contribution in [0.15, 0.2) is 18.2 Å². The smallest absolute Gasteiger partial charge is 0.163 e. The molecule has 0 unspecified atom stereocenters. The topological polar surface area (TPSA) is 40.5 Å². The third kappa shape index (κ3) is 4.07. The van der Waals surface area contributed by atoms with Crippen LogP contribution in [-0.2, 0) is 5.41 Å². The number of benzene rings is 1. The lowest BCUT2D eigenvalue weighted by Crippen LogP contribution is -2.31. The molecule has 1 heterocycles. The van der Waals surface area contributed by atoms with E-state index in [1.807, 2.05) is 12.1 Å². The summed E-state index contributed by atoms with van der Waals surface area (Å²) in [4.78, 5) is 14.7. The van der Waals surface area contributed by atoms with E-state index in [0.717, 1.165) is 31.5 Å². The van der Waals surface area contributed by atoms with Crippen LogP contribution in [0.4, 0.5) is 0 Å². The Morgan fingerprint density at radius 3 is 2.43 bits per heavy atom. The molecule has 1 aromatic rings. The lowest BCUT2D eigenvalue weighted by atomic mass is 9.84. The maximum absolute atomic E-state index is 12.4. The molecule has 1 aliphatic heterocycles. The number of likely N-dealkylation sites (tertiary alicyclic amines) is 1. The van der Waals surface area contributed by atoms with Gasteiger partial charge in [0.05, 0.1) is 0 Å². The molecule has 2 rings (SSSR count). The molecule has 3 nitrogen and oxygen atoms in total. The maximum Gasteiger partial charge on any atom is 0.163 e. The van der Waals surface area contributed by atoms with E-state index in [1.54, 1.807) is 6.07 Å². The molecule has 1 fully saturated rings. The van der Waals surface area contributed by atoms with Crippen molar-refractivity contribution in [1.29, 1.82) is 0 Å². The first-order chi connectivity index (χ1) is 9.77. The van der Waals surface area contributed by atoms with Crippen LogP contribution >= 0.6 is 0 Å². The standard InChI is InChI=1S/C18H27NO2/c1-18(2,3)15-6-5-14(12-17(15)21)16(20)11-13-7-9-19(4)10-8-13/h5-6,12-13,21H,7-11H2,1-4H3. The van der Waals surface area contributed by atoms with Gasteiger partial charge in [0.1, 0.15) is 5.75 Å². The minimum Gasteiger partial charge on any atom is -0.508 e. The van der Waals surface area contributed by atoms with Gasteiger partial charge in [0.15, 0.2) is 5.78 Å². The number of piperidine rings is 1. The monoisotopic (exact) mass is 289 g/mol. The van der Waals surface area contributed by atoms with Gasteiger partial charge < -0.3 is 10.0 Å². The summed E-state index contributed by atoms with van der Waals surface area (Å²) in [5.41, 5.74) is 1.41. The number of phenolic OH excluding ortho intramolecular Hbond substituents is 1. The molecule has 0 aromatic heterocycles. The fourth-order valence-electron chi connectivity index (χ4n) is 2.99. The summed E-state index contributed by atoms with van der Waals surface area (Å²) in [6.45, 7) is 8.32. The number of phenols is 1. The minimum absolute atomic E-state index is 0.111. The zero-order valence-corrected chi connectivity index (χ0v) is 13.6. The predicted octanol–water partition coefficient (Wildman–Crippen LogP) is 3.60. The molecule has 0 saturated carbocycles. The summed E-state index contributed by atoms with van der Waals surface area (Å²) in [6, 6.07) is 5.38. The first-order valence-corrected chi connectivity index (χ1v) is 7.82. The molecular formula is C18H27NO2. The van der Waals surface area contributed by atoms with Gasteiger partial charge in [-0.05, 0) is 55.9 Å². The molecule has 1 aromatic carbocycles. The highest BCUT2D eigenvalue weighted by molar-refractivity contribution is 5.96. The molecule has 21 heavy (non-hydrogen) atoms. The normalized spacial score (nSPS) is 17.9. The number of ketones is 1. The molecule has 1 aliphatic rings. The molecular weight excluding hydrogens is 262 g/mol. The molecule has 116 valence electrons. The highest BCUT2D eigenvalue weighted by Crippen LogP contribution is 2.32. The number of aromatic hydroxyl groups is 1. The predicted molar refractivity (Wildman–Crippen MR) is 86.0 cm³/mol. The van der Waals surface area contributed by atoms with E-state index < -0.39 is 0 Å². The number of carbonyl (C=O) groups excluding carboxylic acids is 1. The van der Waals surface area contributed by atoms with Crippen molar-refractivity contribution in [3.05, 3.63) is 29.3 Å². The molecule has 0 radical (unpaired) electrons.